The largest absolute Gasteiger partial charge is 0.380 e. The Balaban J connectivity index is 2.31. The second-order valence-corrected chi connectivity index (χ2v) is 4.32. The first-order chi connectivity index (χ1) is 8.27. The topological polar surface area (TPSA) is 12.0 Å². The molecule has 0 amide bonds. The molecule has 0 aliphatic carbocycles. The fourth-order valence-corrected chi connectivity index (χ4v) is 1.76. The van der Waals surface area contributed by atoms with E-state index in [4.69, 9.17) is 11.6 Å². The maximum absolute atomic E-state index is 5.77. The van der Waals surface area contributed by atoms with Crippen LogP contribution in [-0.2, 0) is 0 Å². The third-order valence-corrected chi connectivity index (χ3v) is 2.62. The molecule has 0 radical (unpaired) electrons. The molecular weight excluding hydrogens is 230 g/mol. The zero-order chi connectivity index (χ0) is 12.1. The fourth-order valence-electron chi connectivity index (χ4n) is 1.70. The van der Waals surface area contributed by atoms with Gasteiger partial charge in [0.1, 0.15) is 0 Å². The lowest BCUT2D eigenvalue weighted by molar-refractivity contribution is 1.32. The summed E-state index contributed by atoms with van der Waals surface area (Å²) in [6.45, 7) is 4.25. The lowest BCUT2D eigenvalue weighted by Gasteiger charge is -2.11. The number of halogens is 1. The van der Waals surface area contributed by atoms with Gasteiger partial charge >= 0.3 is 0 Å². The van der Waals surface area contributed by atoms with Crippen LogP contribution in [0.5, 0.6) is 0 Å². The number of para-hydroxylation sites is 1. The van der Waals surface area contributed by atoms with Crippen molar-refractivity contribution >= 4 is 17.3 Å². The predicted octanol–water partition coefficient (Wildman–Crippen LogP) is 4.52. The maximum atomic E-state index is 5.77. The van der Waals surface area contributed by atoms with Gasteiger partial charge in [0.25, 0.3) is 0 Å². The summed E-state index contributed by atoms with van der Waals surface area (Å²) in [4.78, 5) is 0. The van der Waals surface area contributed by atoms with Crippen LogP contribution in [0.1, 0.15) is 0 Å². The molecule has 2 aromatic rings. The molecule has 0 spiro atoms. The van der Waals surface area contributed by atoms with E-state index >= 15 is 0 Å². The van der Waals surface area contributed by atoms with Crippen molar-refractivity contribution in [3.05, 3.63) is 66.2 Å². The molecule has 0 heterocycles. The van der Waals surface area contributed by atoms with Crippen LogP contribution in [0.15, 0.2) is 66.2 Å². The van der Waals surface area contributed by atoms with Crippen molar-refractivity contribution in [2.45, 2.75) is 0 Å². The monoisotopic (exact) mass is 243 g/mol. The Morgan fingerprint density at radius 2 is 1.65 bits per heavy atom. The highest BCUT2D eigenvalue weighted by Gasteiger charge is 2.03. The molecule has 0 aliphatic heterocycles. The number of hydrogen-bond acceptors (Lipinski definition) is 1. The van der Waals surface area contributed by atoms with Crippen LogP contribution in [0.4, 0.5) is 5.69 Å². The molecule has 17 heavy (non-hydrogen) atoms. The van der Waals surface area contributed by atoms with Crippen LogP contribution in [0.2, 0.25) is 0 Å². The van der Waals surface area contributed by atoms with E-state index in [0.717, 1.165) is 5.69 Å². The molecule has 0 aliphatic rings. The number of rotatable bonds is 4. The Hall–Kier alpha value is -1.73. The number of anilines is 1. The third kappa shape index (κ3) is 3.11. The van der Waals surface area contributed by atoms with Crippen LogP contribution >= 0.6 is 11.6 Å². The van der Waals surface area contributed by atoms with Crippen molar-refractivity contribution in [2.75, 3.05) is 11.9 Å². The van der Waals surface area contributed by atoms with Crippen molar-refractivity contribution in [3.63, 3.8) is 0 Å². The van der Waals surface area contributed by atoms with Gasteiger partial charge in [-0.1, -0.05) is 66.7 Å². The highest BCUT2D eigenvalue weighted by Crippen LogP contribution is 2.27. The highest BCUT2D eigenvalue weighted by atomic mass is 35.5. The summed E-state index contributed by atoms with van der Waals surface area (Å²) in [5.74, 6) is 0. The number of hydrogen-bond donors (Lipinski definition) is 1. The molecular formula is C15H14ClN. The summed E-state index contributed by atoms with van der Waals surface area (Å²) in [6.07, 6.45) is 0. The average Bonchev–Trinajstić information content (AvgIpc) is 2.38. The van der Waals surface area contributed by atoms with Gasteiger partial charge in [-0.25, -0.2) is 0 Å². The van der Waals surface area contributed by atoms with E-state index in [0.29, 0.717) is 11.6 Å². The van der Waals surface area contributed by atoms with Gasteiger partial charge < -0.3 is 5.32 Å². The van der Waals surface area contributed by atoms with Crippen molar-refractivity contribution in [1.82, 2.24) is 0 Å². The Kier molecular flexibility index (Phi) is 3.84. The van der Waals surface area contributed by atoms with E-state index in [9.17, 15) is 0 Å². The first-order valence-electron chi connectivity index (χ1n) is 5.49. The second-order valence-electron chi connectivity index (χ2n) is 3.78. The third-order valence-electron chi connectivity index (χ3n) is 2.48. The Morgan fingerprint density at radius 3 is 2.35 bits per heavy atom. The fraction of sp³-hybridized carbons (Fsp3) is 0.0667. The highest BCUT2D eigenvalue weighted by molar-refractivity contribution is 6.29. The van der Waals surface area contributed by atoms with Gasteiger partial charge in [-0.05, 0) is 11.6 Å². The van der Waals surface area contributed by atoms with E-state index in [1.165, 1.54) is 11.1 Å². The van der Waals surface area contributed by atoms with Crippen LogP contribution in [0, 0.1) is 0 Å². The van der Waals surface area contributed by atoms with Crippen LogP contribution < -0.4 is 5.32 Å². The van der Waals surface area contributed by atoms with Crippen molar-refractivity contribution in [2.24, 2.45) is 0 Å². The van der Waals surface area contributed by atoms with E-state index < -0.39 is 0 Å². The van der Waals surface area contributed by atoms with Crippen molar-refractivity contribution < 1.29 is 0 Å². The Bertz CT molecular complexity index is 505. The molecule has 0 unspecified atom stereocenters. The molecule has 2 heteroatoms. The van der Waals surface area contributed by atoms with E-state index in [2.05, 4.69) is 30.1 Å². The first-order valence-corrected chi connectivity index (χ1v) is 5.87. The molecule has 0 atom stereocenters. The second kappa shape index (κ2) is 5.55. The lowest BCUT2D eigenvalue weighted by atomic mass is 10.0. The summed E-state index contributed by atoms with van der Waals surface area (Å²) in [5, 5.41) is 3.88. The van der Waals surface area contributed by atoms with Gasteiger partial charge in [0, 0.05) is 16.3 Å². The summed E-state index contributed by atoms with van der Waals surface area (Å²) in [5.41, 5.74) is 3.43. The van der Waals surface area contributed by atoms with Crippen LogP contribution in [0.25, 0.3) is 11.1 Å². The average molecular weight is 244 g/mol. The summed E-state index contributed by atoms with van der Waals surface area (Å²) in [7, 11) is 0. The first kappa shape index (κ1) is 11.7. The van der Waals surface area contributed by atoms with Crippen molar-refractivity contribution in [1.29, 1.82) is 0 Å². The quantitative estimate of drug-likeness (QED) is 0.833. The zero-order valence-electron chi connectivity index (χ0n) is 9.49. The lowest BCUT2D eigenvalue weighted by Crippen LogP contribution is -2.02. The molecule has 86 valence electrons. The minimum atomic E-state index is 0.575. The standard InChI is InChI=1S/C15H14ClN/c1-12(16)11-17-15-10-6-5-9-14(15)13-7-3-2-4-8-13/h2-10,17H,1,11H2. The smallest absolute Gasteiger partial charge is 0.0502 e. The van der Waals surface area contributed by atoms with Gasteiger partial charge in [0.05, 0.1) is 6.54 Å². The molecule has 0 saturated carbocycles. The summed E-state index contributed by atoms with van der Waals surface area (Å²) >= 11 is 5.77. The Morgan fingerprint density at radius 1 is 1.00 bits per heavy atom. The molecule has 1 N–H and O–H groups in total. The molecule has 1 nitrogen and oxygen atoms in total. The zero-order valence-corrected chi connectivity index (χ0v) is 10.2. The van der Waals surface area contributed by atoms with E-state index in [1.807, 2.05) is 36.4 Å². The van der Waals surface area contributed by atoms with Crippen LogP contribution in [-0.4, -0.2) is 6.54 Å². The molecule has 0 bridgehead atoms. The predicted molar refractivity (Wildman–Crippen MR) is 75.4 cm³/mol. The SMILES string of the molecule is C=C(Cl)CNc1ccccc1-c1ccccc1. The van der Waals surface area contributed by atoms with Gasteiger partial charge in [0.2, 0.25) is 0 Å². The van der Waals surface area contributed by atoms with Gasteiger partial charge in [-0.3, -0.25) is 0 Å². The Labute approximate surface area is 107 Å². The molecule has 2 aromatic carbocycles. The minimum absolute atomic E-state index is 0.575. The summed E-state index contributed by atoms with van der Waals surface area (Å²) in [6, 6.07) is 18.4. The maximum Gasteiger partial charge on any atom is 0.0502 e. The number of nitrogens with one attached hydrogen (secondary N) is 1. The molecule has 0 aromatic heterocycles. The van der Waals surface area contributed by atoms with Gasteiger partial charge in [-0.2, -0.15) is 0 Å². The molecule has 0 saturated heterocycles. The molecule has 0 fully saturated rings. The van der Waals surface area contributed by atoms with Crippen LogP contribution in [0.3, 0.4) is 0 Å². The van der Waals surface area contributed by atoms with Gasteiger partial charge in [-0.15, -0.1) is 0 Å². The van der Waals surface area contributed by atoms with E-state index in [-0.39, 0.29) is 0 Å². The molecule has 2 rings (SSSR count). The normalized spacial score (nSPS) is 9.94. The van der Waals surface area contributed by atoms with Gasteiger partial charge in [0.15, 0.2) is 0 Å². The van der Waals surface area contributed by atoms with E-state index in [1.54, 1.807) is 0 Å². The number of benzene rings is 2. The minimum Gasteiger partial charge on any atom is -0.380 e. The summed E-state index contributed by atoms with van der Waals surface area (Å²) < 4.78 is 0. The van der Waals surface area contributed by atoms with Crippen molar-refractivity contribution in [3.8, 4) is 11.1 Å².